The summed E-state index contributed by atoms with van der Waals surface area (Å²) < 4.78 is 6.20. The molecule has 39 heavy (non-hydrogen) atoms. The molecule has 3 aliphatic rings. The average molecular weight is 533 g/mol. The molecule has 3 atom stereocenters. The SMILES string of the molecule is CN(C)[C@@H](Cc1ccccc1)C(=O)N1CCCC[C@H]1COc1ccc2c(c1)CN(C1CCC(=O)NC1=O)C2=O. The molecule has 9 heteroatoms. The van der Waals surface area contributed by atoms with E-state index in [2.05, 4.69) is 17.4 Å². The van der Waals surface area contributed by atoms with Crippen LogP contribution in [-0.2, 0) is 27.3 Å². The first-order valence-electron chi connectivity index (χ1n) is 13.7. The standard InChI is InChI=1S/C30H36N4O5/c1-32(2)26(16-20-8-4-3-5-9-20)30(38)33-15-7-6-10-22(33)19-39-23-11-12-24-21(17-23)18-34(29(24)37)25-13-14-27(35)31-28(25)36/h3-5,8-9,11-12,17,22,25-26H,6-7,10,13-16,18-19H2,1-2H3,(H,31,35,36)/t22-,25?,26-/m0/s1. The predicted octanol–water partition coefficient (Wildman–Crippen LogP) is 2.38. The van der Waals surface area contributed by atoms with Gasteiger partial charge in [-0.15, -0.1) is 0 Å². The topological polar surface area (TPSA) is 99.3 Å². The van der Waals surface area contributed by atoms with Gasteiger partial charge < -0.3 is 14.5 Å². The second kappa shape index (κ2) is 11.6. The van der Waals surface area contributed by atoms with Crippen LogP contribution in [0.5, 0.6) is 5.75 Å². The van der Waals surface area contributed by atoms with Crippen molar-refractivity contribution in [1.29, 1.82) is 0 Å². The number of amides is 4. The van der Waals surface area contributed by atoms with E-state index >= 15 is 0 Å². The largest absolute Gasteiger partial charge is 0.491 e. The van der Waals surface area contributed by atoms with Gasteiger partial charge in [-0.2, -0.15) is 0 Å². The fourth-order valence-electron chi connectivity index (χ4n) is 5.82. The summed E-state index contributed by atoms with van der Waals surface area (Å²) in [5.41, 5.74) is 2.49. The number of rotatable bonds is 8. The van der Waals surface area contributed by atoms with E-state index in [1.807, 2.05) is 48.2 Å². The van der Waals surface area contributed by atoms with Crippen molar-refractivity contribution >= 4 is 23.6 Å². The number of carbonyl (C=O) groups excluding carboxylic acids is 4. The Hall–Kier alpha value is -3.72. The first-order valence-corrected chi connectivity index (χ1v) is 13.7. The van der Waals surface area contributed by atoms with Crippen LogP contribution in [0.3, 0.4) is 0 Å². The number of nitrogens with one attached hydrogen (secondary N) is 1. The Morgan fingerprint density at radius 3 is 2.62 bits per heavy atom. The maximum Gasteiger partial charge on any atom is 0.255 e. The van der Waals surface area contributed by atoms with Gasteiger partial charge in [0.1, 0.15) is 18.4 Å². The summed E-state index contributed by atoms with van der Waals surface area (Å²) in [6.07, 6.45) is 4.11. The van der Waals surface area contributed by atoms with E-state index in [1.54, 1.807) is 12.1 Å². The highest BCUT2D eigenvalue weighted by molar-refractivity contribution is 6.05. The number of likely N-dealkylation sites (N-methyl/N-ethyl adjacent to an activating group) is 1. The van der Waals surface area contributed by atoms with Gasteiger partial charge in [-0.25, -0.2) is 0 Å². The van der Waals surface area contributed by atoms with Crippen LogP contribution in [0, 0.1) is 0 Å². The molecular weight excluding hydrogens is 496 g/mol. The quantitative estimate of drug-likeness (QED) is 0.524. The monoisotopic (exact) mass is 532 g/mol. The van der Waals surface area contributed by atoms with E-state index < -0.39 is 11.9 Å². The van der Waals surface area contributed by atoms with Crippen molar-refractivity contribution in [2.75, 3.05) is 27.2 Å². The molecule has 5 rings (SSSR count). The molecule has 1 N–H and O–H groups in total. The van der Waals surface area contributed by atoms with Crippen LogP contribution in [0.25, 0.3) is 0 Å². The van der Waals surface area contributed by atoms with Crippen molar-refractivity contribution in [3.63, 3.8) is 0 Å². The maximum absolute atomic E-state index is 13.7. The lowest BCUT2D eigenvalue weighted by atomic mass is 9.98. The zero-order valence-electron chi connectivity index (χ0n) is 22.6. The van der Waals surface area contributed by atoms with E-state index in [0.717, 1.165) is 30.4 Å². The molecule has 0 aliphatic carbocycles. The van der Waals surface area contributed by atoms with E-state index in [-0.39, 0.29) is 36.2 Å². The molecule has 0 radical (unpaired) electrons. The van der Waals surface area contributed by atoms with Gasteiger partial charge in [-0.3, -0.25) is 29.4 Å². The maximum atomic E-state index is 13.7. The van der Waals surface area contributed by atoms with Crippen molar-refractivity contribution in [1.82, 2.24) is 20.0 Å². The fraction of sp³-hybridized carbons (Fsp3) is 0.467. The number of nitrogens with zero attached hydrogens (tertiary/aromatic N) is 3. The Labute approximate surface area is 229 Å². The molecule has 2 aromatic carbocycles. The summed E-state index contributed by atoms with van der Waals surface area (Å²) in [7, 11) is 3.90. The summed E-state index contributed by atoms with van der Waals surface area (Å²) in [5.74, 6) is -0.171. The highest BCUT2D eigenvalue weighted by Crippen LogP contribution is 2.30. The smallest absolute Gasteiger partial charge is 0.255 e. The molecule has 2 saturated heterocycles. The third kappa shape index (κ3) is 5.83. The number of likely N-dealkylation sites (tertiary alicyclic amines) is 1. The minimum Gasteiger partial charge on any atom is -0.491 e. The molecule has 3 aliphatic heterocycles. The van der Waals surface area contributed by atoms with Crippen LogP contribution in [0.2, 0.25) is 0 Å². The molecule has 1 unspecified atom stereocenters. The molecule has 0 bridgehead atoms. The average Bonchev–Trinajstić information content (AvgIpc) is 3.26. The molecule has 2 fully saturated rings. The van der Waals surface area contributed by atoms with Gasteiger partial charge >= 0.3 is 0 Å². The van der Waals surface area contributed by atoms with Crippen LogP contribution in [0.1, 0.15) is 53.6 Å². The van der Waals surface area contributed by atoms with E-state index in [0.29, 0.717) is 43.9 Å². The minimum atomic E-state index is -0.644. The molecule has 0 aromatic heterocycles. The highest BCUT2D eigenvalue weighted by Gasteiger charge is 2.39. The summed E-state index contributed by atoms with van der Waals surface area (Å²) in [4.78, 5) is 56.1. The number of hydrogen-bond acceptors (Lipinski definition) is 6. The van der Waals surface area contributed by atoms with Gasteiger partial charge in [0.25, 0.3) is 5.91 Å². The number of carbonyl (C=O) groups is 4. The van der Waals surface area contributed by atoms with Crippen LogP contribution in [-0.4, -0.2) is 83.7 Å². The Bertz CT molecular complexity index is 1250. The van der Waals surface area contributed by atoms with Gasteiger partial charge in [-0.1, -0.05) is 30.3 Å². The zero-order valence-corrected chi connectivity index (χ0v) is 22.6. The van der Waals surface area contributed by atoms with Gasteiger partial charge in [-0.05, 0) is 75.5 Å². The fourth-order valence-corrected chi connectivity index (χ4v) is 5.82. The zero-order chi connectivity index (χ0) is 27.5. The third-order valence-corrected chi connectivity index (χ3v) is 8.03. The second-order valence-corrected chi connectivity index (χ2v) is 10.9. The van der Waals surface area contributed by atoms with Crippen LogP contribution < -0.4 is 10.1 Å². The Kier molecular flexibility index (Phi) is 7.97. The Morgan fingerprint density at radius 2 is 1.87 bits per heavy atom. The third-order valence-electron chi connectivity index (χ3n) is 8.03. The first-order chi connectivity index (χ1) is 18.8. The summed E-state index contributed by atoms with van der Waals surface area (Å²) in [6, 6.07) is 14.5. The molecule has 4 amide bonds. The molecule has 2 aromatic rings. The minimum absolute atomic E-state index is 0.0284. The number of ether oxygens (including phenoxy) is 1. The summed E-state index contributed by atoms with van der Waals surface area (Å²) >= 11 is 0. The molecule has 0 saturated carbocycles. The van der Waals surface area contributed by atoms with Crippen molar-refractivity contribution in [2.45, 2.75) is 63.2 Å². The van der Waals surface area contributed by atoms with E-state index in [9.17, 15) is 19.2 Å². The summed E-state index contributed by atoms with van der Waals surface area (Å²) in [5, 5.41) is 2.33. The van der Waals surface area contributed by atoms with Crippen LogP contribution >= 0.6 is 0 Å². The normalized spacial score (nSPS) is 22.1. The molecule has 9 nitrogen and oxygen atoms in total. The van der Waals surface area contributed by atoms with E-state index in [4.69, 9.17) is 4.74 Å². The lowest BCUT2D eigenvalue weighted by Crippen LogP contribution is -2.54. The molecule has 0 spiro atoms. The second-order valence-electron chi connectivity index (χ2n) is 10.9. The Morgan fingerprint density at radius 1 is 1.08 bits per heavy atom. The number of benzene rings is 2. The lowest BCUT2D eigenvalue weighted by Gasteiger charge is -2.39. The van der Waals surface area contributed by atoms with Crippen LogP contribution in [0.4, 0.5) is 0 Å². The number of fused-ring (bicyclic) bond motifs is 1. The van der Waals surface area contributed by atoms with Crippen LogP contribution in [0.15, 0.2) is 48.5 Å². The van der Waals surface area contributed by atoms with Gasteiger partial charge in [0.05, 0.1) is 12.1 Å². The number of imide groups is 1. The van der Waals surface area contributed by atoms with Crippen molar-refractivity contribution in [3.05, 3.63) is 65.2 Å². The first kappa shape index (κ1) is 26.9. The van der Waals surface area contributed by atoms with Gasteiger partial charge in [0.2, 0.25) is 17.7 Å². The van der Waals surface area contributed by atoms with E-state index in [1.165, 1.54) is 4.90 Å². The highest BCUT2D eigenvalue weighted by atomic mass is 16.5. The van der Waals surface area contributed by atoms with Gasteiger partial charge in [0.15, 0.2) is 0 Å². The van der Waals surface area contributed by atoms with Gasteiger partial charge in [0, 0.05) is 25.1 Å². The molecular formula is C30H36N4O5. The Balaban J connectivity index is 1.24. The van der Waals surface area contributed by atoms with Crippen molar-refractivity contribution in [3.8, 4) is 5.75 Å². The predicted molar refractivity (Wildman–Crippen MR) is 145 cm³/mol. The molecule has 3 heterocycles. The van der Waals surface area contributed by atoms with Crippen molar-refractivity contribution in [2.24, 2.45) is 0 Å². The molecule has 206 valence electrons. The number of hydrogen-bond donors (Lipinski definition) is 1. The lowest BCUT2D eigenvalue weighted by molar-refractivity contribution is -0.141. The van der Waals surface area contributed by atoms with Crippen molar-refractivity contribution < 1.29 is 23.9 Å². The summed E-state index contributed by atoms with van der Waals surface area (Å²) in [6.45, 7) is 1.39. The number of piperidine rings is 2.